The lowest BCUT2D eigenvalue weighted by Crippen LogP contribution is -2.33. The summed E-state index contributed by atoms with van der Waals surface area (Å²) in [5.74, 6) is 1.81. The molecule has 25 heavy (non-hydrogen) atoms. The summed E-state index contributed by atoms with van der Waals surface area (Å²) >= 11 is 0. The van der Waals surface area contributed by atoms with Gasteiger partial charge in [-0.05, 0) is 50.9 Å². The monoisotopic (exact) mass is 389 g/mol. The molecule has 1 aliphatic heterocycles. The number of likely N-dealkylation sites (tertiary alicyclic amines) is 1. The Labute approximate surface area is 162 Å². The van der Waals surface area contributed by atoms with E-state index in [2.05, 4.69) is 4.90 Å². The van der Waals surface area contributed by atoms with E-state index in [-0.39, 0.29) is 36.8 Å². The first-order chi connectivity index (χ1) is 11.1. The number of carbonyl (C=O) groups excluding carboxylic acids is 1. The lowest BCUT2D eigenvalue weighted by molar-refractivity contribution is 0.0775. The van der Waals surface area contributed by atoms with Crippen molar-refractivity contribution < 1.29 is 9.53 Å². The molecular formula is C18H29Cl2N3O2. The highest BCUT2D eigenvalue weighted by Gasteiger charge is 2.42. The fourth-order valence-electron chi connectivity index (χ4n) is 3.75. The summed E-state index contributed by atoms with van der Waals surface area (Å²) in [7, 11) is 4.01. The van der Waals surface area contributed by atoms with Gasteiger partial charge in [-0.2, -0.15) is 0 Å². The SMILES string of the molecule is CN(C)CCOc1ccccc1C(=O)N1CC2CCC(N)C2C1.Cl.Cl. The Morgan fingerprint density at radius 2 is 1.96 bits per heavy atom. The molecule has 5 nitrogen and oxygen atoms in total. The highest BCUT2D eigenvalue weighted by Crippen LogP contribution is 2.38. The molecule has 1 heterocycles. The van der Waals surface area contributed by atoms with Crippen LogP contribution in [-0.2, 0) is 0 Å². The molecule has 7 heteroatoms. The number of nitrogens with zero attached hydrogens (tertiary/aromatic N) is 2. The molecule has 3 unspecified atom stereocenters. The second-order valence-electron chi connectivity index (χ2n) is 7.02. The van der Waals surface area contributed by atoms with Crippen LogP contribution in [0.5, 0.6) is 5.75 Å². The first-order valence-electron chi connectivity index (χ1n) is 8.47. The topological polar surface area (TPSA) is 58.8 Å². The summed E-state index contributed by atoms with van der Waals surface area (Å²) in [4.78, 5) is 16.9. The molecule has 1 saturated carbocycles. The fraction of sp³-hybridized carbons (Fsp3) is 0.611. The van der Waals surface area contributed by atoms with Crippen molar-refractivity contribution in [3.63, 3.8) is 0 Å². The average Bonchev–Trinajstić information content (AvgIpc) is 3.09. The van der Waals surface area contributed by atoms with Crippen LogP contribution in [0.2, 0.25) is 0 Å². The Balaban J connectivity index is 0.00000156. The molecule has 3 rings (SSSR count). The lowest BCUT2D eigenvalue weighted by atomic mass is 9.98. The summed E-state index contributed by atoms with van der Waals surface area (Å²) in [6, 6.07) is 7.81. The molecule has 0 spiro atoms. The average molecular weight is 390 g/mol. The Bertz CT molecular complexity index is 571. The number of hydrogen-bond donors (Lipinski definition) is 1. The van der Waals surface area contributed by atoms with Gasteiger partial charge in [0.25, 0.3) is 5.91 Å². The zero-order valence-corrected chi connectivity index (χ0v) is 16.5. The zero-order chi connectivity index (χ0) is 16.4. The molecule has 1 amide bonds. The Hall–Kier alpha value is -1.01. The minimum absolute atomic E-state index is 0. The van der Waals surface area contributed by atoms with Gasteiger partial charge in [-0.3, -0.25) is 4.79 Å². The predicted octanol–water partition coefficient (Wildman–Crippen LogP) is 2.28. The van der Waals surface area contributed by atoms with Crippen LogP contribution in [-0.4, -0.2) is 62.1 Å². The van der Waals surface area contributed by atoms with E-state index in [9.17, 15) is 4.79 Å². The number of nitrogens with two attached hydrogens (primary N) is 1. The molecule has 2 N–H and O–H groups in total. The summed E-state index contributed by atoms with van der Waals surface area (Å²) < 4.78 is 5.83. The highest BCUT2D eigenvalue weighted by atomic mass is 35.5. The van der Waals surface area contributed by atoms with Crippen molar-refractivity contribution in [2.24, 2.45) is 17.6 Å². The van der Waals surface area contributed by atoms with Crippen LogP contribution in [0.25, 0.3) is 0 Å². The number of carbonyl (C=O) groups is 1. The molecule has 0 bridgehead atoms. The van der Waals surface area contributed by atoms with E-state index in [1.807, 2.05) is 43.3 Å². The molecule has 1 aromatic carbocycles. The number of likely N-dealkylation sites (N-methyl/N-ethyl adjacent to an activating group) is 1. The molecule has 0 aromatic heterocycles. The predicted molar refractivity (Wildman–Crippen MR) is 105 cm³/mol. The molecule has 1 aromatic rings. The number of rotatable bonds is 5. The van der Waals surface area contributed by atoms with Gasteiger partial charge < -0.3 is 20.3 Å². The van der Waals surface area contributed by atoms with Crippen molar-refractivity contribution in [3.8, 4) is 5.75 Å². The Morgan fingerprint density at radius 3 is 2.64 bits per heavy atom. The van der Waals surface area contributed by atoms with Crippen molar-refractivity contribution in [2.75, 3.05) is 40.3 Å². The minimum atomic E-state index is 0. The van der Waals surface area contributed by atoms with Crippen molar-refractivity contribution in [1.82, 2.24) is 9.80 Å². The molecule has 1 aliphatic carbocycles. The third kappa shape index (κ3) is 5.00. The van der Waals surface area contributed by atoms with E-state index in [0.29, 0.717) is 29.8 Å². The van der Waals surface area contributed by atoms with E-state index >= 15 is 0 Å². The van der Waals surface area contributed by atoms with E-state index in [1.54, 1.807) is 0 Å². The normalized spacial score (nSPS) is 24.5. The van der Waals surface area contributed by atoms with Crippen LogP contribution in [0, 0.1) is 11.8 Å². The van der Waals surface area contributed by atoms with Crippen molar-refractivity contribution in [1.29, 1.82) is 0 Å². The fourth-order valence-corrected chi connectivity index (χ4v) is 3.75. The molecule has 2 aliphatic rings. The van der Waals surface area contributed by atoms with E-state index in [0.717, 1.165) is 32.5 Å². The van der Waals surface area contributed by atoms with Crippen LogP contribution in [0.3, 0.4) is 0 Å². The Morgan fingerprint density at radius 1 is 1.24 bits per heavy atom. The molecule has 0 radical (unpaired) electrons. The molecule has 1 saturated heterocycles. The molecule has 3 atom stereocenters. The van der Waals surface area contributed by atoms with Crippen LogP contribution in [0.4, 0.5) is 0 Å². The van der Waals surface area contributed by atoms with Gasteiger partial charge >= 0.3 is 0 Å². The van der Waals surface area contributed by atoms with Crippen LogP contribution in [0.15, 0.2) is 24.3 Å². The largest absolute Gasteiger partial charge is 0.491 e. The van der Waals surface area contributed by atoms with Gasteiger partial charge in [0.05, 0.1) is 5.56 Å². The van der Waals surface area contributed by atoms with E-state index < -0.39 is 0 Å². The second-order valence-corrected chi connectivity index (χ2v) is 7.02. The zero-order valence-electron chi connectivity index (χ0n) is 14.9. The number of benzene rings is 1. The van der Waals surface area contributed by atoms with Crippen molar-refractivity contribution in [3.05, 3.63) is 29.8 Å². The summed E-state index contributed by atoms with van der Waals surface area (Å²) in [5, 5.41) is 0. The van der Waals surface area contributed by atoms with Gasteiger partial charge in [-0.15, -0.1) is 24.8 Å². The first kappa shape index (κ1) is 22.0. The number of ether oxygens (including phenoxy) is 1. The van der Waals surface area contributed by atoms with Gasteiger partial charge in [0.1, 0.15) is 12.4 Å². The van der Waals surface area contributed by atoms with Crippen LogP contribution in [0.1, 0.15) is 23.2 Å². The maximum atomic E-state index is 12.9. The van der Waals surface area contributed by atoms with Gasteiger partial charge in [-0.25, -0.2) is 0 Å². The number of para-hydroxylation sites is 1. The third-order valence-corrected chi connectivity index (χ3v) is 5.11. The number of hydrogen-bond acceptors (Lipinski definition) is 4. The second kappa shape index (κ2) is 9.62. The maximum Gasteiger partial charge on any atom is 0.257 e. The standard InChI is InChI=1S/C18H27N3O2.2ClH/c1-20(2)9-10-23-17-6-4-3-5-14(17)18(22)21-11-13-7-8-16(19)15(13)12-21;;/h3-6,13,15-16H,7-12,19H2,1-2H3;2*1H. The minimum Gasteiger partial charge on any atom is -0.491 e. The van der Waals surface area contributed by atoms with Gasteiger partial charge in [0, 0.05) is 25.7 Å². The number of fused-ring (bicyclic) bond motifs is 1. The van der Waals surface area contributed by atoms with Crippen LogP contribution >= 0.6 is 24.8 Å². The van der Waals surface area contributed by atoms with Gasteiger partial charge in [0.2, 0.25) is 0 Å². The third-order valence-electron chi connectivity index (χ3n) is 5.11. The van der Waals surface area contributed by atoms with E-state index in [4.69, 9.17) is 10.5 Å². The maximum absolute atomic E-state index is 12.9. The summed E-state index contributed by atoms with van der Waals surface area (Å²) in [6.45, 7) is 3.03. The van der Waals surface area contributed by atoms with E-state index in [1.165, 1.54) is 0 Å². The first-order valence-corrected chi connectivity index (χ1v) is 8.47. The molecule has 2 fully saturated rings. The Kier molecular flexibility index (Phi) is 8.48. The smallest absolute Gasteiger partial charge is 0.257 e. The number of amides is 1. The summed E-state index contributed by atoms with van der Waals surface area (Å²) in [6.07, 6.45) is 2.25. The van der Waals surface area contributed by atoms with Gasteiger partial charge in [-0.1, -0.05) is 12.1 Å². The van der Waals surface area contributed by atoms with Crippen molar-refractivity contribution in [2.45, 2.75) is 18.9 Å². The highest BCUT2D eigenvalue weighted by molar-refractivity contribution is 5.97. The van der Waals surface area contributed by atoms with Crippen molar-refractivity contribution >= 4 is 30.7 Å². The lowest BCUT2D eigenvalue weighted by Gasteiger charge is -2.20. The summed E-state index contributed by atoms with van der Waals surface area (Å²) in [5.41, 5.74) is 6.84. The quantitative estimate of drug-likeness (QED) is 0.838. The van der Waals surface area contributed by atoms with Crippen LogP contribution < -0.4 is 10.5 Å². The number of halogens is 2. The molecule has 142 valence electrons. The molecular weight excluding hydrogens is 361 g/mol. The van der Waals surface area contributed by atoms with Gasteiger partial charge in [0.15, 0.2) is 0 Å².